The van der Waals surface area contributed by atoms with Crippen LogP contribution in [0.2, 0.25) is 0 Å². The summed E-state index contributed by atoms with van der Waals surface area (Å²) in [6.07, 6.45) is -5.74. The summed E-state index contributed by atoms with van der Waals surface area (Å²) in [5.41, 5.74) is -3.49. The molecule has 12 heteroatoms. The van der Waals surface area contributed by atoms with Crippen LogP contribution in [0, 0.1) is 0 Å². The van der Waals surface area contributed by atoms with Crippen LogP contribution in [0.5, 0.6) is 0 Å². The summed E-state index contributed by atoms with van der Waals surface area (Å²) >= 11 is 0. The predicted octanol–water partition coefficient (Wildman–Crippen LogP) is 1.93. The maximum atomic E-state index is 14.1. The summed E-state index contributed by atoms with van der Waals surface area (Å²) in [4.78, 5) is 24.5. The highest BCUT2D eigenvalue weighted by atomic mass is 32.2. The lowest BCUT2D eigenvalue weighted by Gasteiger charge is -2.35. The van der Waals surface area contributed by atoms with Gasteiger partial charge >= 0.3 is 17.8 Å². The number of hydrogen-bond donors (Lipinski definition) is 3. The lowest BCUT2D eigenvalue weighted by atomic mass is 10.1. The Kier molecular flexibility index (Phi) is 7.28. The number of ether oxygens (including phenoxy) is 1. The molecule has 0 bridgehead atoms. The van der Waals surface area contributed by atoms with E-state index in [1.807, 2.05) is 5.32 Å². The van der Waals surface area contributed by atoms with E-state index in [9.17, 15) is 31.2 Å². The third-order valence-corrected chi connectivity index (χ3v) is 4.99. The third kappa shape index (κ3) is 5.95. The molecule has 0 aliphatic heterocycles. The Balaban J connectivity index is 2.43. The van der Waals surface area contributed by atoms with E-state index in [0.717, 1.165) is 24.3 Å². The lowest BCUT2D eigenvalue weighted by Crippen LogP contribution is -2.69. The molecule has 0 fully saturated rings. The number of hydrogen-bond acceptors (Lipinski definition) is 6. The van der Waals surface area contributed by atoms with E-state index in [4.69, 9.17) is 5.14 Å². The Hall–Kier alpha value is -3.12. The van der Waals surface area contributed by atoms with Crippen molar-refractivity contribution >= 4 is 27.6 Å². The number of sulfonamides is 1. The highest BCUT2D eigenvalue weighted by Gasteiger charge is 2.63. The van der Waals surface area contributed by atoms with Gasteiger partial charge in [0, 0.05) is 5.69 Å². The maximum absolute atomic E-state index is 14.1. The first-order valence-corrected chi connectivity index (χ1v) is 10.4. The van der Waals surface area contributed by atoms with E-state index in [2.05, 4.69) is 4.74 Å². The number of alkyl halides is 3. The molecular formula is C19H20F3N3O5S. The lowest BCUT2D eigenvalue weighted by molar-refractivity contribution is -0.207. The molecule has 0 saturated heterocycles. The van der Waals surface area contributed by atoms with Crippen LogP contribution in [0.1, 0.15) is 12.5 Å². The number of benzene rings is 2. The zero-order valence-corrected chi connectivity index (χ0v) is 17.1. The summed E-state index contributed by atoms with van der Waals surface area (Å²) in [6, 6.07) is 11.8. The first-order chi connectivity index (χ1) is 14.4. The molecule has 0 spiro atoms. The van der Waals surface area contributed by atoms with Gasteiger partial charge in [0.05, 0.1) is 17.9 Å². The molecule has 2 rings (SSSR count). The van der Waals surface area contributed by atoms with Gasteiger partial charge in [0.1, 0.15) is 0 Å². The Morgan fingerprint density at radius 1 is 1.03 bits per heavy atom. The number of anilines is 1. The minimum Gasteiger partial charge on any atom is -0.463 e. The molecule has 0 saturated carbocycles. The maximum Gasteiger partial charge on any atom is 0.441 e. The smallest absolute Gasteiger partial charge is 0.441 e. The van der Waals surface area contributed by atoms with E-state index in [1.165, 1.54) is 6.92 Å². The van der Waals surface area contributed by atoms with Gasteiger partial charge in [-0.1, -0.05) is 30.3 Å². The van der Waals surface area contributed by atoms with E-state index in [0.29, 0.717) is 5.56 Å². The minimum absolute atomic E-state index is 0.308. The van der Waals surface area contributed by atoms with Crippen LogP contribution in [-0.4, -0.2) is 38.7 Å². The van der Waals surface area contributed by atoms with Crippen LogP contribution in [0.4, 0.5) is 18.9 Å². The first kappa shape index (κ1) is 24.2. The Bertz CT molecular complexity index is 1030. The van der Waals surface area contributed by atoms with Crippen LogP contribution in [0.3, 0.4) is 0 Å². The molecule has 31 heavy (non-hydrogen) atoms. The zero-order valence-electron chi connectivity index (χ0n) is 16.3. The van der Waals surface area contributed by atoms with Crippen molar-refractivity contribution in [3.8, 4) is 0 Å². The predicted molar refractivity (Wildman–Crippen MR) is 105 cm³/mol. The first-order valence-electron chi connectivity index (χ1n) is 8.89. The summed E-state index contributed by atoms with van der Waals surface area (Å²) in [7, 11) is -4.08. The van der Waals surface area contributed by atoms with Gasteiger partial charge in [-0.3, -0.25) is 4.79 Å². The second-order valence-corrected chi connectivity index (χ2v) is 7.93. The molecule has 4 N–H and O–H groups in total. The van der Waals surface area contributed by atoms with Gasteiger partial charge in [-0.15, -0.1) is 0 Å². The Labute approximate surface area is 176 Å². The zero-order chi connectivity index (χ0) is 23.3. The fourth-order valence-electron chi connectivity index (χ4n) is 2.61. The van der Waals surface area contributed by atoms with Crippen LogP contribution in [0.15, 0.2) is 59.5 Å². The van der Waals surface area contributed by atoms with Crippen molar-refractivity contribution in [1.29, 1.82) is 0 Å². The van der Waals surface area contributed by atoms with E-state index >= 15 is 0 Å². The molecule has 1 unspecified atom stereocenters. The number of carbonyl (C=O) groups is 2. The van der Waals surface area contributed by atoms with Crippen molar-refractivity contribution in [2.24, 2.45) is 5.14 Å². The molecule has 0 heterocycles. The molecule has 0 aliphatic rings. The van der Waals surface area contributed by atoms with Gasteiger partial charge in [-0.05, 0) is 36.8 Å². The number of halogens is 3. The monoisotopic (exact) mass is 459 g/mol. The number of carbonyl (C=O) groups excluding carboxylic acids is 2. The standard InChI is InChI=1S/C19H20F3N3O5S/c1-2-30-17(27)18(19(20,21)22,25-16(26)12-13-6-4-3-5-7-13)24-14-8-10-15(11-9-14)31(23,28)29/h3-11,24H,2,12H2,1H3,(H,25,26)(H2,23,28,29). The SMILES string of the molecule is CCOC(=O)C(NC(=O)Cc1ccccc1)(Nc1ccc(S(N)(=O)=O)cc1)C(F)(F)F. The number of amides is 1. The van der Waals surface area contributed by atoms with Gasteiger partial charge in [-0.2, -0.15) is 13.2 Å². The molecule has 0 aromatic heterocycles. The summed E-state index contributed by atoms with van der Waals surface area (Å²) in [5, 5.41) is 8.62. The number of nitrogens with two attached hydrogens (primary N) is 1. The van der Waals surface area contributed by atoms with Crippen LogP contribution >= 0.6 is 0 Å². The number of rotatable bonds is 8. The van der Waals surface area contributed by atoms with Crippen LogP contribution in [-0.2, 0) is 30.8 Å². The molecule has 168 valence electrons. The van der Waals surface area contributed by atoms with Gasteiger partial charge in [0.25, 0.3) is 0 Å². The Morgan fingerprint density at radius 3 is 2.10 bits per heavy atom. The van der Waals surface area contributed by atoms with Gasteiger partial charge in [-0.25, -0.2) is 18.4 Å². The summed E-state index contributed by atoms with van der Waals surface area (Å²) < 4.78 is 69.6. The van der Waals surface area contributed by atoms with Crippen molar-refractivity contribution in [2.75, 3.05) is 11.9 Å². The molecule has 1 amide bonds. The van der Waals surface area contributed by atoms with Crippen molar-refractivity contribution in [1.82, 2.24) is 5.32 Å². The van der Waals surface area contributed by atoms with Crippen molar-refractivity contribution < 1.29 is 35.9 Å². The minimum atomic E-state index is -5.32. The third-order valence-electron chi connectivity index (χ3n) is 4.06. The van der Waals surface area contributed by atoms with E-state index in [-0.39, 0.29) is 17.2 Å². The second-order valence-electron chi connectivity index (χ2n) is 6.37. The molecule has 8 nitrogen and oxygen atoms in total. The largest absolute Gasteiger partial charge is 0.463 e. The highest BCUT2D eigenvalue weighted by molar-refractivity contribution is 7.89. The molecule has 2 aromatic rings. The van der Waals surface area contributed by atoms with Gasteiger partial charge < -0.3 is 15.4 Å². The van der Waals surface area contributed by atoms with Crippen molar-refractivity contribution in [3.05, 3.63) is 60.2 Å². The molecule has 1 atom stereocenters. The van der Waals surface area contributed by atoms with Crippen molar-refractivity contribution in [2.45, 2.75) is 30.1 Å². The average Bonchev–Trinajstić information content (AvgIpc) is 2.67. The highest BCUT2D eigenvalue weighted by Crippen LogP contribution is 2.33. The van der Waals surface area contributed by atoms with Gasteiger partial charge in [0.2, 0.25) is 15.9 Å². The molecule has 2 aromatic carbocycles. The van der Waals surface area contributed by atoms with Crippen LogP contribution in [0.25, 0.3) is 0 Å². The number of nitrogens with one attached hydrogen (secondary N) is 2. The fourth-order valence-corrected chi connectivity index (χ4v) is 3.12. The average molecular weight is 459 g/mol. The molecule has 0 aliphatic carbocycles. The molecular weight excluding hydrogens is 439 g/mol. The summed E-state index contributed by atoms with van der Waals surface area (Å²) in [6.45, 7) is 0.934. The summed E-state index contributed by atoms with van der Waals surface area (Å²) in [5.74, 6) is -2.87. The Morgan fingerprint density at radius 2 is 1.61 bits per heavy atom. The van der Waals surface area contributed by atoms with E-state index in [1.54, 1.807) is 35.6 Å². The quantitative estimate of drug-likeness (QED) is 0.409. The molecule has 0 radical (unpaired) electrons. The van der Waals surface area contributed by atoms with E-state index < -0.39 is 40.2 Å². The fraction of sp³-hybridized carbons (Fsp3) is 0.263. The number of primary sulfonamides is 1. The second kappa shape index (κ2) is 9.35. The number of esters is 1. The van der Waals surface area contributed by atoms with Crippen LogP contribution < -0.4 is 15.8 Å². The van der Waals surface area contributed by atoms with Crippen molar-refractivity contribution in [3.63, 3.8) is 0 Å². The van der Waals surface area contributed by atoms with Gasteiger partial charge in [0.15, 0.2) is 0 Å². The normalized spacial score (nSPS) is 13.7. The topological polar surface area (TPSA) is 128 Å².